The van der Waals surface area contributed by atoms with Crippen LogP contribution in [0.25, 0.3) is 10.9 Å². The van der Waals surface area contributed by atoms with E-state index in [2.05, 4.69) is 4.98 Å². The Morgan fingerprint density at radius 3 is 2.52 bits per heavy atom. The Morgan fingerprint density at radius 2 is 1.92 bits per heavy atom. The van der Waals surface area contributed by atoms with Crippen LogP contribution in [-0.2, 0) is 4.79 Å². The molecule has 1 aromatic heterocycles. The molecule has 0 unspecified atom stereocenters. The minimum atomic E-state index is -4.67. The van der Waals surface area contributed by atoms with E-state index in [1.807, 2.05) is 0 Å². The van der Waals surface area contributed by atoms with Gasteiger partial charge in [-0.25, -0.2) is 0 Å². The predicted molar refractivity (Wildman–Crippen MR) is 83.1 cm³/mol. The van der Waals surface area contributed by atoms with Crippen molar-refractivity contribution < 1.29 is 27.9 Å². The van der Waals surface area contributed by atoms with Crippen LogP contribution in [-0.4, -0.2) is 46.1 Å². The van der Waals surface area contributed by atoms with Crippen LogP contribution in [0.15, 0.2) is 30.3 Å². The first-order valence-electron chi connectivity index (χ1n) is 7.63. The number of carbonyl (C=O) groups is 2. The molecule has 8 heteroatoms. The third kappa shape index (κ3) is 3.16. The molecule has 1 saturated heterocycles. The van der Waals surface area contributed by atoms with Crippen molar-refractivity contribution in [2.75, 3.05) is 13.1 Å². The molecule has 1 aliphatic heterocycles. The lowest BCUT2D eigenvalue weighted by molar-refractivity contribution is -0.187. The molecule has 2 aromatic rings. The van der Waals surface area contributed by atoms with E-state index in [-0.39, 0.29) is 5.56 Å². The van der Waals surface area contributed by atoms with Gasteiger partial charge >= 0.3 is 12.1 Å². The van der Waals surface area contributed by atoms with E-state index < -0.39 is 43.0 Å². The Hall–Kier alpha value is -2.64. The fourth-order valence-electron chi connectivity index (χ4n) is 3.14. The molecule has 2 atom stereocenters. The molecule has 1 fully saturated rings. The lowest BCUT2D eigenvalue weighted by Crippen LogP contribution is -2.34. The van der Waals surface area contributed by atoms with E-state index in [0.717, 1.165) is 4.90 Å². The van der Waals surface area contributed by atoms with Crippen molar-refractivity contribution in [2.24, 2.45) is 11.8 Å². The number of carboxylic acid groups (broad SMARTS) is 1. The van der Waals surface area contributed by atoms with Crippen molar-refractivity contribution in [1.82, 2.24) is 9.88 Å². The number of para-hydroxylation sites is 1. The van der Waals surface area contributed by atoms with Gasteiger partial charge < -0.3 is 10.0 Å². The molecular formula is C17H15F3N2O3. The third-order valence-electron chi connectivity index (χ3n) is 4.43. The summed E-state index contributed by atoms with van der Waals surface area (Å²) in [6.07, 6.45) is -4.67. The number of carbonyl (C=O) groups excluding carboxylic acids is 1. The summed E-state index contributed by atoms with van der Waals surface area (Å²) in [5, 5.41) is 9.77. The number of carboxylic acids is 1. The molecule has 0 saturated carbocycles. The van der Waals surface area contributed by atoms with Crippen LogP contribution in [0.3, 0.4) is 0 Å². The van der Waals surface area contributed by atoms with Crippen molar-refractivity contribution in [3.8, 4) is 0 Å². The number of rotatable bonds is 2. The molecule has 1 N–H and O–H groups in total. The van der Waals surface area contributed by atoms with Gasteiger partial charge in [-0.2, -0.15) is 13.2 Å². The van der Waals surface area contributed by atoms with Crippen molar-refractivity contribution in [3.05, 3.63) is 41.6 Å². The molecule has 1 aromatic carbocycles. The highest BCUT2D eigenvalue weighted by Crippen LogP contribution is 2.38. The van der Waals surface area contributed by atoms with Crippen LogP contribution in [0.2, 0.25) is 0 Å². The van der Waals surface area contributed by atoms with Gasteiger partial charge in [-0.3, -0.25) is 14.6 Å². The second kappa shape index (κ2) is 6.02. The molecule has 3 rings (SSSR count). The summed E-state index contributed by atoms with van der Waals surface area (Å²) in [6, 6.07) is 8.41. The number of halogens is 3. The average molecular weight is 352 g/mol. The topological polar surface area (TPSA) is 70.5 Å². The van der Waals surface area contributed by atoms with Crippen LogP contribution < -0.4 is 0 Å². The first-order valence-corrected chi connectivity index (χ1v) is 7.63. The number of alkyl halides is 3. The first-order chi connectivity index (χ1) is 11.7. The standard InChI is InChI=1S/C17H15F3N2O3/c1-9-5-6-10-3-2-4-11(14(10)21-9)15(23)22-7-12(16(24)25)13(8-22)17(18,19)20/h2-6,12-13H,7-8H2,1H3,(H,24,25)/t12-,13-/m1/s1. The summed E-state index contributed by atoms with van der Waals surface area (Å²) < 4.78 is 39.3. The number of pyridine rings is 1. The van der Waals surface area contributed by atoms with E-state index in [9.17, 15) is 22.8 Å². The summed E-state index contributed by atoms with van der Waals surface area (Å²) in [5.74, 6) is -5.92. The van der Waals surface area contributed by atoms with Gasteiger partial charge in [0, 0.05) is 24.2 Å². The highest BCUT2D eigenvalue weighted by Gasteiger charge is 2.53. The van der Waals surface area contributed by atoms with Crippen molar-refractivity contribution in [1.29, 1.82) is 0 Å². The summed E-state index contributed by atoms with van der Waals surface area (Å²) in [6.45, 7) is 0.610. The first kappa shape index (κ1) is 17.2. The maximum absolute atomic E-state index is 13.1. The normalized spacial score (nSPS) is 20.9. The Kier molecular flexibility index (Phi) is 4.14. The summed E-state index contributed by atoms with van der Waals surface area (Å²) >= 11 is 0. The number of nitrogens with zero attached hydrogens (tertiary/aromatic N) is 2. The number of aromatic nitrogens is 1. The number of amides is 1. The van der Waals surface area contributed by atoms with Crippen molar-refractivity contribution in [2.45, 2.75) is 13.1 Å². The second-order valence-electron chi connectivity index (χ2n) is 6.13. The summed E-state index contributed by atoms with van der Waals surface area (Å²) in [5.41, 5.74) is 1.24. The second-order valence-corrected chi connectivity index (χ2v) is 6.13. The maximum Gasteiger partial charge on any atom is 0.394 e. The number of hydrogen-bond donors (Lipinski definition) is 1. The van der Waals surface area contributed by atoms with Gasteiger partial charge in [0.2, 0.25) is 0 Å². The fraction of sp³-hybridized carbons (Fsp3) is 0.353. The molecule has 5 nitrogen and oxygen atoms in total. The fourth-order valence-corrected chi connectivity index (χ4v) is 3.14. The quantitative estimate of drug-likeness (QED) is 0.902. The van der Waals surface area contributed by atoms with Crippen LogP contribution in [0.5, 0.6) is 0 Å². The number of fused-ring (bicyclic) bond motifs is 1. The van der Waals surface area contributed by atoms with Crippen molar-refractivity contribution in [3.63, 3.8) is 0 Å². The average Bonchev–Trinajstić information content (AvgIpc) is 2.99. The lowest BCUT2D eigenvalue weighted by Gasteiger charge is -2.19. The lowest BCUT2D eigenvalue weighted by atomic mass is 9.96. The van der Waals surface area contributed by atoms with Gasteiger partial charge in [0.25, 0.3) is 5.91 Å². The zero-order valence-corrected chi connectivity index (χ0v) is 13.2. The van der Waals surface area contributed by atoms with Gasteiger partial charge in [0.1, 0.15) is 0 Å². The number of likely N-dealkylation sites (tertiary alicyclic amines) is 1. The van der Waals surface area contributed by atoms with Gasteiger partial charge in [0.15, 0.2) is 0 Å². The molecule has 2 heterocycles. The molecule has 0 aliphatic carbocycles. The molecule has 0 bridgehead atoms. The molecule has 0 spiro atoms. The van der Waals surface area contributed by atoms with Crippen LogP contribution in [0.1, 0.15) is 16.1 Å². The molecule has 132 valence electrons. The molecular weight excluding hydrogens is 337 g/mol. The zero-order chi connectivity index (χ0) is 18.4. The summed E-state index contributed by atoms with van der Waals surface area (Å²) in [4.78, 5) is 29.2. The van der Waals surface area contributed by atoms with E-state index >= 15 is 0 Å². The Bertz CT molecular complexity index is 851. The third-order valence-corrected chi connectivity index (χ3v) is 4.43. The minimum Gasteiger partial charge on any atom is -0.481 e. The number of aryl methyl sites for hydroxylation is 1. The van der Waals surface area contributed by atoms with Crippen molar-refractivity contribution >= 4 is 22.8 Å². The smallest absolute Gasteiger partial charge is 0.394 e. The van der Waals surface area contributed by atoms with Crippen LogP contribution >= 0.6 is 0 Å². The van der Waals surface area contributed by atoms with E-state index in [4.69, 9.17) is 5.11 Å². The number of aliphatic carboxylic acids is 1. The van der Waals surface area contributed by atoms with Gasteiger partial charge in [-0.15, -0.1) is 0 Å². The van der Waals surface area contributed by atoms with E-state index in [1.54, 1.807) is 31.2 Å². The highest BCUT2D eigenvalue weighted by atomic mass is 19.4. The highest BCUT2D eigenvalue weighted by molar-refractivity contribution is 6.05. The Morgan fingerprint density at radius 1 is 1.20 bits per heavy atom. The molecule has 0 radical (unpaired) electrons. The number of benzene rings is 1. The number of hydrogen-bond acceptors (Lipinski definition) is 3. The van der Waals surface area contributed by atoms with Gasteiger partial charge in [-0.1, -0.05) is 18.2 Å². The Labute approximate surface area is 141 Å². The maximum atomic E-state index is 13.1. The van der Waals surface area contributed by atoms with Gasteiger partial charge in [-0.05, 0) is 19.1 Å². The monoisotopic (exact) mass is 352 g/mol. The molecule has 25 heavy (non-hydrogen) atoms. The summed E-state index contributed by atoms with van der Waals surface area (Å²) in [7, 11) is 0. The largest absolute Gasteiger partial charge is 0.481 e. The molecule has 1 aliphatic rings. The van der Waals surface area contributed by atoms with E-state index in [0.29, 0.717) is 16.6 Å². The van der Waals surface area contributed by atoms with Crippen LogP contribution in [0.4, 0.5) is 13.2 Å². The Balaban J connectivity index is 1.97. The zero-order valence-electron chi connectivity index (χ0n) is 13.2. The van der Waals surface area contributed by atoms with E-state index in [1.165, 1.54) is 6.07 Å². The minimum absolute atomic E-state index is 0.174. The predicted octanol–water partition coefficient (Wildman–Crippen LogP) is 2.88. The molecule has 1 amide bonds. The van der Waals surface area contributed by atoms with Crippen LogP contribution in [0, 0.1) is 18.8 Å². The SMILES string of the molecule is Cc1ccc2cccc(C(=O)N3C[C@@H](C(F)(F)F)[C@H](C(=O)O)C3)c2n1. The van der Waals surface area contributed by atoms with Gasteiger partial charge in [0.05, 0.1) is 22.9 Å².